The summed E-state index contributed by atoms with van der Waals surface area (Å²) in [6.45, 7) is 2.88. The van der Waals surface area contributed by atoms with Crippen molar-refractivity contribution in [1.29, 1.82) is 0 Å². The largest absolute Gasteiger partial charge is 0.508 e. The van der Waals surface area contributed by atoms with Crippen molar-refractivity contribution in [2.24, 2.45) is 0 Å². The lowest BCUT2D eigenvalue weighted by molar-refractivity contribution is 0.409. The second-order valence-corrected chi connectivity index (χ2v) is 7.55. The zero-order valence-corrected chi connectivity index (χ0v) is 15.6. The van der Waals surface area contributed by atoms with Gasteiger partial charge in [-0.3, -0.25) is 0 Å². The number of aromatic hydroxyl groups is 1. The first-order valence-corrected chi connectivity index (χ1v) is 9.21. The minimum Gasteiger partial charge on any atom is -0.508 e. The Labute approximate surface area is 153 Å². The first kappa shape index (κ1) is 18.6. The van der Waals surface area contributed by atoms with Crippen LogP contribution in [0.3, 0.4) is 0 Å². The van der Waals surface area contributed by atoms with Crippen LogP contribution in [-0.4, -0.2) is 22.5 Å². The lowest BCUT2D eigenvalue weighted by Gasteiger charge is -2.14. The highest BCUT2D eigenvalue weighted by Crippen LogP contribution is 2.27. The van der Waals surface area contributed by atoms with Crippen LogP contribution in [0.4, 0.5) is 0 Å². The molecule has 0 saturated heterocycles. The van der Waals surface area contributed by atoms with Crippen molar-refractivity contribution in [3.8, 4) is 11.5 Å². The van der Waals surface area contributed by atoms with Gasteiger partial charge in [-0.15, -0.1) is 11.8 Å². The molecule has 24 heavy (non-hydrogen) atoms. The van der Waals surface area contributed by atoms with Gasteiger partial charge in [-0.05, 0) is 43.2 Å². The molecule has 0 aliphatic carbocycles. The highest BCUT2D eigenvalue weighted by molar-refractivity contribution is 8.00. The molecule has 2 rings (SSSR count). The molecule has 0 saturated carbocycles. The lowest BCUT2D eigenvalue weighted by Crippen LogP contribution is -2.21. The van der Waals surface area contributed by atoms with Crippen LogP contribution in [0.15, 0.2) is 53.4 Å². The first-order chi connectivity index (χ1) is 11.6. The van der Waals surface area contributed by atoms with Crippen molar-refractivity contribution >= 4 is 29.0 Å². The molecule has 2 aromatic rings. The van der Waals surface area contributed by atoms with Crippen molar-refractivity contribution in [2.75, 3.05) is 7.11 Å². The molecule has 0 spiro atoms. The molecule has 0 aliphatic rings. The van der Waals surface area contributed by atoms with E-state index in [1.807, 2.05) is 36.4 Å². The quantitative estimate of drug-likeness (QED) is 0.523. The van der Waals surface area contributed by atoms with Crippen molar-refractivity contribution in [3.05, 3.63) is 54.1 Å². The number of benzene rings is 2. The van der Waals surface area contributed by atoms with Crippen molar-refractivity contribution < 1.29 is 9.84 Å². The van der Waals surface area contributed by atoms with E-state index in [-0.39, 0.29) is 0 Å². The maximum atomic E-state index is 9.31. The molecule has 0 aliphatic heterocycles. The van der Waals surface area contributed by atoms with Gasteiger partial charge in [0.15, 0.2) is 0 Å². The first-order valence-electron chi connectivity index (χ1n) is 7.92. The molecule has 0 aromatic heterocycles. The summed E-state index contributed by atoms with van der Waals surface area (Å²) in [7, 11) is 1.68. The van der Waals surface area contributed by atoms with E-state index in [1.165, 1.54) is 0 Å². The van der Waals surface area contributed by atoms with Gasteiger partial charge in [-0.25, -0.2) is 0 Å². The Morgan fingerprint density at radius 2 is 1.92 bits per heavy atom. The Kier molecular flexibility index (Phi) is 7.40. The number of hydrogen-bond donors (Lipinski definition) is 2. The highest BCUT2D eigenvalue weighted by atomic mass is 32.2. The number of phenolic OH excluding ortho intramolecular Hbond substituents is 1. The van der Waals surface area contributed by atoms with E-state index in [2.05, 4.69) is 12.2 Å². The number of phenols is 1. The molecular weight excluding hydrogens is 338 g/mol. The molecule has 128 valence electrons. The van der Waals surface area contributed by atoms with E-state index in [9.17, 15) is 5.11 Å². The van der Waals surface area contributed by atoms with Crippen LogP contribution in [0.1, 0.15) is 25.3 Å². The highest BCUT2D eigenvalue weighted by Gasteiger charge is 2.07. The number of hydrogen-bond acceptors (Lipinski definition) is 4. The maximum Gasteiger partial charge on any atom is 0.123 e. The summed E-state index contributed by atoms with van der Waals surface area (Å²) in [6.07, 6.45) is 1.86. The summed E-state index contributed by atoms with van der Waals surface area (Å²) < 4.78 is 5.35. The standard InChI is InChI=1S/C19H23NO2S2/c1-14(24-17-10-8-16(21)9-11-17)7-12-19(23)20-13-15-5-3-4-6-18(15)22-2/h3-6,8-11,14,21H,7,12-13H2,1-2H3,(H,20,23). The number of para-hydroxylation sites is 1. The molecule has 0 radical (unpaired) electrons. The summed E-state index contributed by atoms with van der Waals surface area (Å²) >= 11 is 7.23. The van der Waals surface area contributed by atoms with E-state index >= 15 is 0 Å². The minimum atomic E-state index is 0.300. The molecule has 2 aromatic carbocycles. The topological polar surface area (TPSA) is 41.5 Å². The average Bonchev–Trinajstić information content (AvgIpc) is 2.60. The van der Waals surface area contributed by atoms with Crippen LogP contribution in [-0.2, 0) is 6.54 Å². The molecule has 0 amide bonds. The molecule has 0 bridgehead atoms. The predicted octanol–water partition coefficient (Wildman–Crippen LogP) is 4.78. The van der Waals surface area contributed by atoms with Gasteiger partial charge in [0.05, 0.1) is 12.1 Å². The third-order valence-electron chi connectivity index (χ3n) is 3.62. The van der Waals surface area contributed by atoms with E-state index in [0.717, 1.165) is 34.0 Å². The monoisotopic (exact) mass is 361 g/mol. The fourth-order valence-corrected chi connectivity index (χ4v) is 3.47. The lowest BCUT2D eigenvalue weighted by atomic mass is 10.2. The third-order valence-corrected chi connectivity index (χ3v) is 5.15. The molecule has 3 nitrogen and oxygen atoms in total. The van der Waals surface area contributed by atoms with Crippen LogP contribution in [0, 0.1) is 0 Å². The van der Waals surface area contributed by atoms with Gasteiger partial charge in [-0.2, -0.15) is 0 Å². The summed E-state index contributed by atoms with van der Waals surface area (Å²) in [5.74, 6) is 1.18. The van der Waals surface area contributed by atoms with Crippen LogP contribution in [0.25, 0.3) is 0 Å². The maximum absolute atomic E-state index is 9.31. The Morgan fingerprint density at radius 3 is 2.62 bits per heavy atom. The van der Waals surface area contributed by atoms with Crippen molar-refractivity contribution in [3.63, 3.8) is 0 Å². The molecule has 1 unspecified atom stereocenters. The second kappa shape index (κ2) is 9.55. The predicted molar refractivity (Wildman–Crippen MR) is 105 cm³/mol. The SMILES string of the molecule is COc1ccccc1CNC(=S)CCC(C)Sc1ccc(O)cc1. The van der Waals surface area contributed by atoms with E-state index < -0.39 is 0 Å². The number of thiocarbonyl (C=S) groups is 1. The Hall–Kier alpha value is -1.72. The van der Waals surface area contributed by atoms with Gasteiger partial charge in [0.25, 0.3) is 0 Å². The Morgan fingerprint density at radius 1 is 1.21 bits per heavy atom. The van der Waals surface area contributed by atoms with Gasteiger partial charge in [0, 0.05) is 22.3 Å². The fourth-order valence-electron chi connectivity index (χ4n) is 2.28. The van der Waals surface area contributed by atoms with E-state index in [1.54, 1.807) is 31.0 Å². The normalized spacial score (nSPS) is 11.8. The minimum absolute atomic E-state index is 0.300. The van der Waals surface area contributed by atoms with E-state index in [4.69, 9.17) is 17.0 Å². The summed E-state index contributed by atoms with van der Waals surface area (Å²) in [5.41, 5.74) is 1.11. The fraction of sp³-hybridized carbons (Fsp3) is 0.316. The van der Waals surface area contributed by atoms with Crippen LogP contribution in [0.5, 0.6) is 11.5 Å². The third kappa shape index (κ3) is 6.06. The van der Waals surface area contributed by atoms with Gasteiger partial charge >= 0.3 is 0 Å². The number of nitrogens with one attached hydrogen (secondary N) is 1. The van der Waals surface area contributed by atoms with Crippen LogP contribution < -0.4 is 10.1 Å². The number of rotatable bonds is 8. The summed E-state index contributed by atoms with van der Waals surface area (Å²) in [5, 5.41) is 13.1. The van der Waals surface area contributed by atoms with Crippen molar-refractivity contribution in [1.82, 2.24) is 5.32 Å². The molecule has 2 N–H and O–H groups in total. The van der Waals surface area contributed by atoms with Crippen molar-refractivity contribution in [2.45, 2.75) is 36.5 Å². The number of ether oxygens (including phenoxy) is 1. The van der Waals surface area contributed by atoms with Crippen LogP contribution in [0.2, 0.25) is 0 Å². The van der Waals surface area contributed by atoms with E-state index in [0.29, 0.717) is 17.5 Å². The smallest absolute Gasteiger partial charge is 0.123 e. The molecule has 1 atom stereocenters. The molecular formula is C19H23NO2S2. The number of methoxy groups -OCH3 is 1. The molecule has 0 fully saturated rings. The Balaban J connectivity index is 1.73. The van der Waals surface area contributed by atoms with Crippen LogP contribution >= 0.6 is 24.0 Å². The molecule has 0 heterocycles. The van der Waals surface area contributed by atoms with Gasteiger partial charge in [0.1, 0.15) is 11.5 Å². The van der Waals surface area contributed by atoms with Gasteiger partial charge < -0.3 is 15.2 Å². The Bertz CT molecular complexity index is 659. The summed E-state index contributed by atoms with van der Waals surface area (Å²) in [6, 6.07) is 15.3. The van der Waals surface area contributed by atoms with Gasteiger partial charge in [-0.1, -0.05) is 37.3 Å². The zero-order chi connectivity index (χ0) is 17.4. The second-order valence-electron chi connectivity index (χ2n) is 5.55. The molecule has 5 heteroatoms. The zero-order valence-electron chi connectivity index (χ0n) is 14.0. The average molecular weight is 362 g/mol. The summed E-state index contributed by atoms with van der Waals surface area (Å²) in [4.78, 5) is 2.03. The van der Waals surface area contributed by atoms with Gasteiger partial charge in [0.2, 0.25) is 0 Å². The number of thioether (sulfide) groups is 1.